The molecule has 1 heterocycles. The zero-order valence-electron chi connectivity index (χ0n) is 22.9. The van der Waals surface area contributed by atoms with Crippen LogP contribution in [-0.2, 0) is 11.2 Å². The summed E-state index contributed by atoms with van der Waals surface area (Å²) in [5, 5.41) is 12.1. The highest BCUT2D eigenvalue weighted by Crippen LogP contribution is 2.39. The second kappa shape index (κ2) is 11.9. The first-order valence-corrected chi connectivity index (χ1v) is 14.1. The van der Waals surface area contributed by atoms with Gasteiger partial charge in [-0.1, -0.05) is 60.2 Å². The van der Waals surface area contributed by atoms with E-state index in [0.717, 1.165) is 54.7 Å². The van der Waals surface area contributed by atoms with E-state index >= 15 is 0 Å². The number of carbonyl (C=O) groups excluding carboxylic acids is 1. The molecule has 1 aliphatic carbocycles. The topological polar surface area (TPSA) is 78.9 Å². The Labute approximate surface area is 231 Å². The quantitative estimate of drug-likeness (QED) is 0.349. The summed E-state index contributed by atoms with van der Waals surface area (Å²) in [6.45, 7) is 5.14. The molecule has 2 aliphatic rings. The van der Waals surface area contributed by atoms with Crippen LogP contribution in [0.4, 0.5) is 10.5 Å². The second-order valence-electron chi connectivity index (χ2n) is 11.1. The van der Waals surface area contributed by atoms with E-state index < -0.39 is 5.97 Å². The summed E-state index contributed by atoms with van der Waals surface area (Å²) < 4.78 is 6.15. The van der Waals surface area contributed by atoms with Crippen molar-refractivity contribution in [1.29, 1.82) is 0 Å². The average Bonchev–Trinajstić information content (AvgIpc) is 2.93. The SMILES string of the molecule is Cc1ccc(CCNC(=O)N2CC(C)Oc3cc(-c4ccc([C@H]5CC[C@H](CC(=O)O)CC5)cc4)ccc32)cc1. The first-order chi connectivity index (χ1) is 18.9. The fraction of sp³-hybridized carbons (Fsp3) is 0.394. The number of ether oxygens (including phenoxy) is 1. The number of rotatable bonds is 7. The molecule has 0 saturated heterocycles. The van der Waals surface area contributed by atoms with Crippen LogP contribution in [0.1, 0.15) is 61.6 Å². The lowest BCUT2D eigenvalue weighted by Gasteiger charge is -2.33. The van der Waals surface area contributed by atoms with E-state index in [4.69, 9.17) is 9.84 Å². The van der Waals surface area contributed by atoms with Crippen LogP contribution < -0.4 is 15.0 Å². The van der Waals surface area contributed by atoms with Crippen LogP contribution in [0, 0.1) is 12.8 Å². The van der Waals surface area contributed by atoms with E-state index in [1.54, 1.807) is 4.90 Å². The molecule has 1 saturated carbocycles. The van der Waals surface area contributed by atoms with E-state index in [9.17, 15) is 9.59 Å². The van der Waals surface area contributed by atoms with Crippen LogP contribution in [0.15, 0.2) is 66.7 Å². The van der Waals surface area contributed by atoms with Gasteiger partial charge in [0.1, 0.15) is 11.9 Å². The van der Waals surface area contributed by atoms with Crippen molar-refractivity contribution in [2.24, 2.45) is 5.92 Å². The Bertz CT molecular complexity index is 1290. The fourth-order valence-corrected chi connectivity index (χ4v) is 5.87. The smallest absolute Gasteiger partial charge is 0.322 e. The summed E-state index contributed by atoms with van der Waals surface area (Å²) in [6, 6.07) is 23.1. The maximum atomic E-state index is 13.1. The number of aliphatic carboxylic acids is 1. The summed E-state index contributed by atoms with van der Waals surface area (Å²) in [4.78, 5) is 25.9. The van der Waals surface area contributed by atoms with Gasteiger partial charge in [0.25, 0.3) is 0 Å². The van der Waals surface area contributed by atoms with Gasteiger partial charge in [-0.15, -0.1) is 0 Å². The predicted molar refractivity (Wildman–Crippen MR) is 155 cm³/mol. The van der Waals surface area contributed by atoms with Crippen molar-refractivity contribution in [1.82, 2.24) is 5.32 Å². The minimum absolute atomic E-state index is 0.103. The van der Waals surface area contributed by atoms with Crippen LogP contribution in [0.5, 0.6) is 5.75 Å². The van der Waals surface area contributed by atoms with Gasteiger partial charge in [-0.25, -0.2) is 4.79 Å². The van der Waals surface area contributed by atoms with Gasteiger partial charge >= 0.3 is 12.0 Å². The molecule has 0 bridgehead atoms. The van der Waals surface area contributed by atoms with Gasteiger partial charge in [0.2, 0.25) is 0 Å². The molecule has 39 heavy (non-hydrogen) atoms. The lowest BCUT2D eigenvalue weighted by molar-refractivity contribution is -0.138. The normalized spacial score (nSPS) is 20.6. The van der Waals surface area contributed by atoms with Gasteiger partial charge < -0.3 is 15.2 Å². The Morgan fingerprint density at radius 2 is 1.64 bits per heavy atom. The molecule has 0 spiro atoms. The summed E-state index contributed by atoms with van der Waals surface area (Å²) in [5.74, 6) is 0.842. The Kier molecular flexibility index (Phi) is 8.20. The van der Waals surface area contributed by atoms with Crippen molar-refractivity contribution in [3.05, 3.63) is 83.4 Å². The van der Waals surface area contributed by atoms with Gasteiger partial charge in [-0.3, -0.25) is 9.69 Å². The lowest BCUT2D eigenvalue weighted by Crippen LogP contribution is -2.47. The van der Waals surface area contributed by atoms with Gasteiger partial charge in [-0.2, -0.15) is 0 Å². The summed E-state index contributed by atoms with van der Waals surface area (Å²) in [7, 11) is 0. The molecule has 0 radical (unpaired) electrons. The monoisotopic (exact) mass is 526 g/mol. The molecule has 1 aliphatic heterocycles. The summed E-state index contributed by atoms with van der Waals surface area (Å²) >= 11 is 0. The standard InChI is InChI=1S/C33H38N2O4/c1-22-3-5-24(6-4-22)17-18-34-33(38)35-21-23(2)39-31-20-29(15-16-30(31)35)28-13-11-27(12-14-28)26-9-7-25(8-10-26)19-32(36)37/h3-6,11-16,20,23,25-26H,7-10,17-19,21H2,1-2H3,(H,34,38)(H,36,37)/t23?,25-,26-. The van der Waals surface area contributed by atoms with E-state index in [2.05, 4.69) is 66.8 Å². The highest BCUT2D eigenvalue weighted by atomic mass is 16.5. The number of amides is 2. The number of carbonyl (C=O) groups is 2. The fourth-order valence-electron chi connectivity index (χ4n) is 5.87. The number of aryl methyl sites for hydroxylation is 1. The highest BCUT2D eigenvalue weighted by molar-refractivity contribution is 5.94. The third-order valence-corrected chi connectivity index (χ3v) is 8.10. The number of fused-ring (bicyclic) bond motifs is 1. The Morgan fingerprint density at radius 3 is 2.33 bits per heavy atom. The molecular weight excluding hydrogens is 488 g/mol. The third kappa shape index (κ3) is 6.62. The first kappa shape index (κ1) is 26.8. The van der Waals surface area contributed by atoms with E-state index in [1.165, 1.54) is 16.7 Å². The molecule has 1 fully saturated rings. The molecule has 2 N–H and O–H groups in total. The number of carboxylic acid groups (broad SMARTS) is 1. The van der Waals surface area contributed by atoms with Crippen molar-refractivity contribution >= 4 is 17.7 Å². The van der Waals surface area contributed by atoms with Crippen molar-refractivity contribution in [3.8, 4) is 16.9 Å². The number of benzene rings is 3. The Hall–Kier alpha value is -3.80. The van der Waals surface area contributed by atoms with Crippen LogP contribution >= 0.6 is 0 Å². The minimum atomic E-state index is -0.687. The zero-order chi connectivity index (χ0) is 27.4. The first-order valence-electron chi connectivity index (χ1n) is 14.1. The van der Waals surface area contributed by atoms with E-state index in [-0.39, 0.29) is 18.6 Å². The molecule has 6 heteroatoms. The molecule has 3 aromatic rings. The molecule has 0 aromatic heterocycles. The maximum absolute atomic E-state index is 13.1. The van der Waals surface area contributed by atoms with Crippen molar-refractivity contribution < 1.29 is 19.4 Å². The van der Waals surface area contributed by atoms with Crippen LogP contribution in [0.3, 0.4) is 0 Å². The predicted octanol–water partition coefficient (Wildman–Crippen LogP) is 6.95. The van der Waals surface area contributed by atoms with Gasteiger partial charge in [0.15, 0.2) is 0 Å². The van der Waals surface area contributed by atoms with Gasteiger partial charge in [-0.05, 0) is 92.2 Å². The molecule has 1 unspecified atom stereocenters. The van der Waals surface area contributed by atoms with E-state index in [1.807, 2.05) is 19.1 Å². The third-order valence-electron chi connectivity index (χ3n) is 8.10. The number of hydrogen-bond donors (Lipinski definition) is 2. The number of nitrogens with one attached hydrogen (secondary N) is 1. The zero-order valence-corrected chi connectivity index (χ0v) is 22.9. The second-order valence-corrected chi connectivity index (χ2v) is 11.1. The van der Waals surface area contributed by atoms with Crippen LogP contribution in [0.25, 0.3) is 11.1 Å². The van der Waals surface area contributed by atoms with E-state index in [0.29, 0.717) is 24.9 Å². The lowest BCUT2D eigenvalue weighted by atomic mass is 9.77. The number of anilines is 1. The number of nitrogens with zero attached hydrogens (tertiary/aromatic N) is 1. The Balaban J connectivity index is 1.22. The molecule has 204 valence electrons. The van der Waals surface area contributed by atoms with Gasteiger partial charge in [0, 0.05) is 13.0 Å². The summed E-state index contributed by atoms with van der Waals surface area (Å²) in [6.07, 6.45) is 5.03. The summed E-state index contributed by atoms with van der Waals surface area (Å²) in [5.41, 5.74) is 6.71. The molecule has 5 rings (SSSR count). The van der Waals surface area contributed by atoms with Crippen LogP contribution in [-0.4, -0.2) is 36.3 Å². The largest absolute Gasteiger partial charge is 0.487 e. The Morgan fingerprint density at radius 1 is 0.949 bits per heavy atom. The highest BCUT2D eigenvalue weighted by Gasteiger charge is 2.28. The average molecular weight is 527 g/mol. The number of carboxylic acids is 1. The molecule has 6 nitrogen and oxygen atoms in total. The number of urea groups is 1. The molecular formula is C33H38N2O4. The van der Waals surface area contributed by atoms with Crippen molar-refractivity contribution in [2.45, 2.75) is 64.4 Å². The van der Waals surface area contributed by atoms with Gasteiger partial charge in [0.05, 0.1) is 12.2 Å². The van der Waals surface area contributed by atoms with Crippen LogP contribution in [0.2, 0.25) is 0 Å². The molecule has 1 atom stereocenters. The molecule has 3 aromatic carbocycles. The maximum Gasteiger partial charge on any atom is 0.322 e. The van der Waals surface area contributed by atoms with Crippen molar-refractivity contribution in [2.75, 3.05) is 18.0 Å². The molecule has 2 amide bonds. The minimum Gasteiger partial charge on any atom is -0.487 e. The number of hydrogen-bond acceptors (Lipinski definition) is 3. The van der Waals surface area contributed by atoms with Crippen molar-refractivity contribution in [3.63, 3.8) is 0 Å².